The molecule has 0 amide bonds. The van der Waals surface area contributed by atoms with Crippen LogP contribution < -0.4 is 0 Å². The highest BCUT2D eigenvalue weighted by Crippen LogP contribution is 2.08. The van der Waals surface area contributed by atoms with Gasteiger partial charge in [-0.1, -0.05) is 19.8 Å². The van der Waals surface area contributed by atoms with Gasteiger partial charge in [0.1, 0.15) is 0 Å². The van der Waals surface area contributed by atoms with E-state index in [0.29, 0.717) is 0 Å². The lowest BCUT2D eigenvalue weighted by Gasteiger charge is -2.12. The van der Waals surface area contributed by atoms with Gasteiger partial charge in [0, 0.05) is 0 Å². The minimum absolute atomic E-state index is 0.870. The molecule has 1 saturated heterocycles. The fourth-order valence-corrected chi connectivity index (χ4v) is 1.59. The van der Waals surface area contributed by atoms with E-state index in [9.17, 15) is 8.42 Å². The molecule has 0 aromatic heterocycles. The predicted molar refractivity (Wildman–Crippen MR) is 63.8 cm³/mol. The van der Waals surface area contributed by atoms with Gasteiger partial charge >= 0.3 is 10.4 Å². The van der Waals surface area contributed by atoms with Crippen LogP contribution in [0.2, 0.25) is 0 Å². The van der Waals surface area contributed by atoms with Gasteiger partial charge in [-0.15, -0.1) is 0 Å². The summed E-state index contributed by atoms with van der Waals surface area (Å²) in [6.07, 6.45) is 7.05. The highest BCUT2D eigenvalue weighted by molar-refractivity contribution is 7.80. The van der Waals surface area contributed by atoms with Crippen LogP contribution in [0.1, 0.15) is 39.0 Å². The van der Waals surface area contributed by atoms with Crippen LogP contribution in [0.5, 0.6) is 0 Å². The number of nitrogens with zero attached hydrogens (tertiary/aromatic N) is 1. The summed E-state index contributed by atoms with van der Waals surface area (Å²) in [5, 5.41) is 0. The average Bonchev–Trinajstić information content (AvgIpc) is 2.71. The van der Waals surface area contributed by atoms with Crippen LogP contribution in [0.15, 0.2) is 0 Å². The zero-order chi connectivity index (χ0) is 12.4. The van der Waals surface area contributed by atoms with Gasteiger partial charge in [0.15, 0.2) is 0 Å². The third-order valence-corrected chi connectivity index (χ3v) is 2.91. The Morgan fingerprint density at radius 1 is 1.25 bits per heavy atom. The lowest BCUT2D eigenvalue weighted by molar-refractivity contribution is 0.324. The molecule has 0 spiro atoms. The third kappa shape index (κ3) is 10.4. The van der Waals surface area contributed by atoms with Gasteiger partial charge in [0.2, 0.25) is 0 Å². The smallest absolute Gasteiger partial charge is 0.303 e. The monoisotopic (exact) mass is 253 g/mol. The molecule has 0 bridgehead atoms. The van der Waals surface area contributed by atoms with Gasteiger partial charge in [0.25, 0.3) is 0 Å². The van der Waals surface area contributed by atoms with Crippen molar-refractivity contribution in [3.63, 3.8) is 0 Å². The summed E-state index contributed by atoms with van der Waals surface area (Å²) in [5.74, 6) is 0. The maximum Gasteiger partial charge on any atom is 0.397 e. The topological polar surface area (TPSA) is 66.8 Å². The van der Waals surface area contributed by atoms with E-state index in [4.69, 9.17) is 4.55 Å². The van der Waals surface area contributed by atoms with Gasteiger partial charge in [0.05, 0.1) is 7.11 Å². The number of rotatable bonds is 5. The summed E-state index contributed by atoms with van der Waals surface area (Å²) in [7, 11) is -3.29. The van der Waals surface area contributed by atoms with Crippen LogP contribution in [0.25, 0.3) is 0 Å². The van der Waals surface area contributed by atoms with E-state index in [1.807, 2.05) is 0 Å². The number of unbranched alkanes of at least 4 members (excludes halogenated alkanes) is 2. The molecule has 1 N–H and O–H groups in total. The first-order valence-corrected chi connectivity index (χ1v) is 7.11. The van der Waals surface area contributed by atoms with Crippen molar-refractivity contribution in [2.24, 2.45) is 0 Å². The molecule has 0 saturated carbocycles. The van der Waals surface area contributed by atoms with Crippen molar-refractivity contribution in [2.45, 2.75) is 39.0 Å². The van der Waals surface area contributed by atoms with Crippen LogP contribution in [-0.2, 0) is 14.6 Å². The third-order valence-electron chi connectivity index (χ3n) is 2.49. The zero-order valence-electron chi connectivity index (χ0n) is 10.2. The first-order chi connectivity index (χ1) is 7.49. The second kappa shape index (κ2) is 8.92. The minimum Gasteiger partial charge on any atom is -0.303 e. The van der Waals surface area contributed by atoms with E-state index >= 15 is 0 Å². The van der Waals surface area contributed by atoms with Crippen LogP contribution in [0, 0.1) is 0 Å². The van der Waals surface area contributed by atoms with Gasteiger partial charge in [-0.3, -0.25) is 8.74 Å². The Balaban J connectivity index is 0.000000325. The van der Waals surface area contributed by atoms with E-state index < -0.39 is 10.4 Å². The van der Waals surface area contributed by atoms with Gasteiger partial charge in [-0.25, -0.2) is 0 Å². The molecule has 6 heteroatoms. The molecule has 1 heterocycles. The van der Waals surface area contributed by atoms with E-state index in [2.05, 4.69) is 16.0 Å². The molecule has 0 aliphatic carbocycles. The number of likely N-dealkylation sites (tertiary alicyclic amines) is 1. The van der Waals surface area contributed by atoms with Crippen molar-refractivity contribution < 1.29 is 17.2 Å². The molecular formula is C10H23NO4S. The second-order valence-electron chi connectivity index (χ2n) is 3.85. The lowest BCUT2D eigenvalue weighted by atomic mass is 10.2. The fourth-order valence-electron chi connectivity index (χ4n) is 1.59. The fraction of sp³-hybridized carbons (Fsp3) is 1.00. The van der Waals surface area contributed by atoms with E-state index in [0.717, 1.165) is 7.11 Å². The highest BCUT2D eigenvalue weighted by Gasteiger charge is 2.09. The zero-order valence-corrected chi connectivity index (χ0v) is 11.0. The molecule has 1 aliphatic rings. The van der Waals surface area contributed by atoms with Gasteiger partial charge < -0.3 is 4.90 Å². The van der Waals surface area contributed by atoms with Gasteiger partial charge in [-0.2, -0.15) is 8.42 Å². The molecule has 0 aromatic rings. The highest BCUT2D eigenvalue weighted by atomic mass is 32.3. The second-order valence-corrected chi connectivity index (χ2v) is 5.04. The maximum atomic E-state index is 9.33. The molecule has 0 radical (unpaired) electrons. The molecule has 16 heavy (non-hydrogen) atoms. The molecule has 1 rings (SSSR count). The standard InChI is InChI=1S/C9H19N.CH4O4S/c1-2-3-4-7-10-8-5-6-9-10;1-5-6(2,3)4/h2-9H2,1H3;1H3,(H,2,3,4). The van der Waals surface area contributed by atoms with Crippen LogP contribution >= 0.6 is 0 Å². The average molecular weight is 253 g/mol. The van der Waals surface area contributed by atoms with E-state index in [1.54, 1.807) is 0 Å². The SMILES string of the molecule is CCCCCN1CCCC1.COS(=O)(=O)O. The largest absolute Gasteiger partial charge is 0.397 e. The summed E-state index contributed by atoms with van der Waals surface area (Å²) in [5.41, 5.74) is 0. The molecule has 1 aliphatic heterocycles. The Bertz CT molecular complexity index is 248. The molecule has 0 unspecified atom stereocenters. The minimum atomic E-state index is -4.16. The Morgan fingerprint density at radius 2 is 1.75 bits per heavy atom. The molecule has 5 nitrogen and oxygen atoms in total. The number of hydrogen-bond donors (Lipinski definition) is 1. The van der Waals surface area contributed by atoms with Gasteiger partial charge in [-0.05, 0) is 38.9 Å². The summed E-state index contributed by atoms with van der Waals surface area (Å²) < 4.78 is 29.7. The van der Waals surface area contributed by atoms with E-state index in [-0.39, 0.29) is 0 Å². The summed E-state index contributed by atoms with van der Waals surface area (Å²) in [4.78, 5) is 2.59. The molecule has 0 aromatic carbocycles. The van der Waals surface area contributed by atoms with Crippen LogP contribution in [0.4, 0.5) is 0 Å². The molecule has 1 fully saturated rings. The van der Waals surface area contributed by atoms with Crippen molar-refractivity contribution in [1.82, 2.24) is 4.90 Å². The Labute approximate surface area is 98.7 Å². The Kier molecular flexibility index (Phi) is 8.83. The normalized spacial score (nSPS) is 16.9. The molecule has 0 atom stereocenters. The molecule has 98 valence electrons. The lowest BCUT2D eigenvalue weighted by Crippen LogP contribution is -2.20. The Hall–Kier alpha value is -0.170. The summed E-state index contributed by atoms with van der Waals surface area (Å²) in [6, 6.07) is 0. The van der Waals surface area contributed by atoms with Crippen molar-refractivity contribution in [1.29, 1.82) is 0 Å². The summed E-state index contributed by atoms with van der Waals surface area (Å²) >= 11 is 0. The number of hydrogen-bond acceptors (Lipinski definition) is 4. The predicted octanol–water partition coefficient (Wildman–Crippen LogP) is 1.71. The first-order valence-electron chi connectivity index (χ1n) is 5.75. The van der Waals surface area contributed by atoms with Crippen LogP contribution in [0.3, 0.4) is 0 Å². The first kappa shape index (κ1) is 15.8. The van der Waals surface area contributed by atoms with Crippen molar-refractivity contribution in [2.75, 3.05) is 26.7 Å². The molecular weight excluding hydrogens is 230 g/mol. The quantitative estimate of drug-likeness (QED) is 0.597. The Morgan fingerprint density at radius 3 is 2.12 bits per heavy atom. The van der Waals surface area contributed by atoms with E-state index in [1.165, 1.54) is 51.7 Å². The maximum absolute atomic E-state index is 9.33. The van der Waals surface area contributed by atoms with Crippen molar-refractivity contribution in [3.8, 4) is 0 Å². The van der Waals surface area contributed by atoms with Crippen molar-refractivity contribution in [3.05, 3.63) is 0 Å². The van der Waals surface area contributed by atoms with Crippen LogP contribution in [-0.4, -0.2) is 44.6 Å². The summed E-state index contributed by atoms with van der Waals surface area (Å²) in [6.45, 7) is 6.35. The van der Waals surface area contributed by atoms with Crippen molar-refractivity contribution >= 4 is 10.4 Å².